The zero-order valence-electron chi connectivity index (χ0n) is 14.4. The molecule has 4 bridgehead atoms. The molecule has 1 amide bonds. The standard InChI is InChI=1S/C21H24N2OS/c24-19(12-25-18-5-1-3-15-4-2-6-22-21(15)18)23-20-16-8-13-7-14(10-16)11-17(20)9-13/h1-6,13-14,16-17,20H,7-12H2,(H,23,24). The van der Waals surface area contributed by atoms with E-state index in [0.717, 1.165) is 39.5 Å². The third-order valence-corrected chi connectivity index (χ3v) is 7.56. The summed E-state index contributed by atoms with van der Waals surface area (Å²) < 4.78 is 0. The van der Waals surface area contributed by atoms with E-state index in [9.17, 15) is 4.79 Å². The zero-order chi connectivity index (χ0) is 16.8. The number of amides is 1. The van der Waals surface area contributed by atoms with Crippen molar-refractivity contribution in [3.05, 3.63) is 36.5 Å². The van der Waals surface area contributed by atoms with E-state index in [1.807, 2.05) is 18.3 Å². The highest BCUT2D eigenvalue weighted by Gasteiger charge is 2.48. The average molecular weight is 353 g/mol. The van der Waals surface area contributed by atoms with Gasteiger partial charge in [0.25, 0.3) is 0 Å². The Labute approximate surface area is 153 Å². The summed E-state index contributed by atoms with van der Waals surface area (Å²) in [6.07, 6.45) is 8.66. The maximum absolute atomic E-state index is 12.6. The summed E-state index contributed by atoms with van der Waals surface area (Å²) in [5.74, 6) is 4.06. The number of pyridine rings is 1. The van der Waals surface area contributed by atoms with E-state index < -0.39 is 0 Å². The summed E-state index contributed by atoms with van der Waals surface area (Å²) in [5.41, 5.74) is 0.998. The number of thioether (sulfide) groups is 1. The van der Waals surface area contributed by atoms with Crippen molar-refractivity contribution in [2.24, 2.45) is 23.7 Å². The molecule has 0 radical (unpaired) electrons. The van der Waals surface area contributed by atoms with E-state index in [-0.39, 0.29) is 5.91 Å². The monoisotopic (exact) mass is 352 g/mol. The second kappa shape index (κ2) is 6.31. The maximum atomic E-state index is 12.6. The number of benzene rings is 1. The van der Waals surface area contributed by atoms with Gasteiger partial charge in [0, 0.05) is 22.5 Å². The minimum absolute atomic E-state index is 0.190. The zero-order valence-corrected chi connectivity index (χ0v) is 15.2. The fourth-order valence-corrected chi connectivity index (χ4v) is 6.58. The molecule has 0 spiro atoms. The van der Waals surface area contributed by atoms with Crippen molar-refractivity contribution >= 4 is 28.6 Å². The Morgan fingerprint density at radius 1 is 1.04 bits per heavy atom. The first-order valence-corrected chi connectivity index (χ1v) is 10.5. The lowest BCUT2D eigenvalue weighted by atomic mass is 9.54. The van der Waals surface area contributed by atoms with Crippen LogP contribution in [0.3, 0.4) is 0 Å². The lowest BCUT2D eigenvalue weighted by molar-refractivity contribution is -0.122. The van der Waals surface area contributed by atoms with Crippen molar-refractivity contribution in [2.45, 2.75) is 43.0 Å². The van der Waals surface area contributed by atoms with Gasteiger partial charge in [0.05, 0.1) is 11.3 Å². The van der Waals surface area contributed by atoms with Crippen LogP contribution in [0.2, 0.25) is 0 Å². The van der Waals surface area contributed by atoms with Crippen molar-refractivity contribution in [3.63, 3.8) is 0 Å². The summed E-state index contributed by atoms with van der Waals surface area (Å²) in [6, 6.07) is 10.6. The number of fused-ring (bicyclic) bond motifs is 1. The summed E-state index contributed by atoms with van der Waals surface area (Å²) in [7, 11) is 0. The van der Waals surface area contributed by atoms with Crippen molar-refractivity contribution in [2.75, 3.05) is 5.75 Å². The molecule has 4 fully saturated rings. The molecule has 4 aliphatic carbocycles. The molecule has 1 aromatic heterocycles. The molecule has 2 aromatic rings. The molecular weight excluding hydrogens is 328 g/mol. The highest BCUT2D eigenvalue weighted by atomic mass is 32.2. The van der Waals surface area contributed by atoms with Crippen LogP contribution < -0.4 is 5.32 Å². The molecule has 25 heavy (non-hydrogen) atoms. The van der Waals surface area contributed by atoms with Gasteiger partial charge in [-0.2, -0.15) is 0 Å². The molecule has 0 saturated heterocycles. The molecular formula is C21H24N2OS. The van der Waals surface area contributed by atoms with Crippen molar-refractivity contribution in [1.29, 1.82) is 0 Å². The molecule has 0 atom stereocenters. The Balaban J connectivity index is 1.24. The van der Waals surface area contributed by atoms with Crippen molar-refractivity contribution in [3.8, 4) is 0 Å². The molecule has 1 N–H and O–H groups in total. The number of hydrogen-bond donors (Lipinski definition) is 1. The smallest absolute Gasteiger partial charge is 0.230 e. The van der Waals surface area contributed by atoms with Crippen LogP contribution >= 0.6 is 11.8 Å². The number of aromatic nitrogens is 1. The normalized spacial score (nSPS) is 32.9. The summed E-state index contributed by atoms with van der Waals surface area (Å²) >= 11 is 1.61. The van der Waals surface area contributed by atoms with Crippen molar-refractivity contribution < 1.29 is 4.79 Å². The quantitative estimate of drug-likeness (QED) is 0.836. The SMILES string of the molecule is O=C(CSc1cccc2cccnc12)NC1C2CC3CC(C2)CC1C3. The van der Waals surface area contributed by atoms with Gasteiger partial charge in [0.15, 0.2) is 0 Å². The Morgan fingerprint density at radius 2 is 1.76 bits per heavy atom. The second-order valence-corrected chi connectivity index (χ2v) is 9.16. The van der Waals surface area contributed by atoms with Crippen LogP contribution in [0.5, 0.6) is 0 Å². The van der Waals surface area contributed by atoms with Crippen LogP contribution in [0, 0.1) is 23.7 Å². The molecule has 6 rings (SSSR count). The first-order valence-electron chi connectivity index (χ1n) is 9.52. The Kier molecular flexibility index (Phi) is 3.96. The number of rotatable bonds is 4. The van der Waals surface area contributed by atoms with Crippen LogP contribution in [0.1, 0.15) is 32.1 Å². The summed E-state index contributed by atoms with van der Waals surface area (Å²) in [6.45, 7) is 0. The summed E-state index contributed by atoms with van der Waals surface area (Å²) in [4.78, 5) is 18.2. The molecule has 0 aliphatic heterocycles. The van der Waals surface area contributed by atoms with Crippen LogP contribution in [0.4, 0.5) is 0 Å². The molecule has 0 unspecified atom stereocenters. The number of hydrogen-bond acceptors (Lipinski definition) is 3. The molecule has 1 heterocycles. The third-order valence-electron chi connectivity index (χ3n) is 6.51. The van der Waals surface area contributed by atoms with Gasteiger partial charge < -0.3 is 5.32 Å². The number of nitrogens with zero attached hydrogens (tertiary/aromatic N) is 1. The number of para-hydroxylation sites is 1. The molecule has 4 saturated carbocycles. The van der Waals surface area contributed by atoms with Crippen LogP contribution in [-0.2, 0) is 4.79 Å². The molecule has 4 aliphatic rings. The average Bonchev–Trinajstić information content (AvgIpc) is 2.62. The minimum atomic E-state index is 0.190. The predicted molar refractivity (Wildman–Crippen MR) is 101 cm³/mol. The lowest BCUT2D eigenvalue weighted by Crippen LogP contribution is -2.56. The third kappa shape index (κ3) is 2.95. The predicted octanol–water partition coefficient (Wildman–Crippen LogP) is 4.27. The van der Waals surface area contributed by atoms with Gasteiger partial charge in [-0.1, -0.05) is 18.2 Å². The van der Waals surface area contributed by atoms with Gasteiger partial charge in [-0.3, -0.25) is 9.78 Å². The number of carbonyl (C=O) groups excluding carboxylic acids is 1. The fraction of sp³-hybridized carbons (Fsp3) is 0.524. The number of carbonyl (C=O) groups is 1. The van der Waals surface area contributed by atoms with E-state index in [4.69, 9.17) is 0 Å². The highest BCUT2D eigenvalue weighted by molar-refractivity contribution is 8.00. The van der Waals surface area contributed by atoms with Gasteiger partial charge in [-0.15, -0.1) is 11.8 Å². The van der Waals surface area contributed by atoms with Crippen LogP contribution in [-0.4, -0.2) is 22.7 Å². The van der Waals surface area contributed by atoms with E-state index in [1.165, 1.54) is 32.1 Å². The van der Waals surface area contributed by atoms with Crippen LogP contribution in [0.15, 0.2) is 41.4 Å². The lowest BCUT2D eigenvalue weighted by Gasteiger charge is -2.54. The molecule has 130 valence electrons. The van der Waals surface area contributed by atoms with Gasteiger partial charge >= 0.3 is 0 Å². The fourth-order valence-electron chi connectivity index (χ4n) is 5.72. The Morgan fingerprint density at radius 3 is 2.52 bits per heavy atom. The van der Waals surface area contributed by atoms with Gasteiger partial charge in [0.1, 0.15) is 0 Å². The Hall–Kier alpha value is -1.55. The van der Waals surface area contributed by atoms with Crippen LogP contribution in [0.25, 0.3) is 10.9 Å². The topological polar surface area (TPSA) is 42.0 Å². The largest absolute Gasteiger partial charge is 0.352 e. The Bertz CT molecular complexity index is 772. The molecule has 3 nitrogen and oxygen atoms in total. The van der Waals surface area contributed by atoms with Gasteiger partial charge in [-0.25, -0.2) is 0 Å². The van der Waals surface area contributed by atoms with E-state index in [1.54, 1.807) is 11.8 Å². The van der Waals surface area contributed by atoms with Gasteiger partial charge in [-0.05, 0) is 67.9 Å². The molecule has 4 heteroatoms. The van der Waals surface area contributed by atoms with Crippen molar-refractivity contribution in [1.82, 2.24) is 10.3 Å². The van der Waals surface area contributed by atoms with Gasteiger partial charge in [0.2, 0.25) is 5.91 Å². The number of nitrogens with one attached hydrogen (secondary N) is 1. The van der Waals surface area contributed by atoms with E-state index >= 15 is 0 Å². The highest BCUT2D eigenvalue weighted by Crippen LogP contribution is 2.53. The van der Waals surface area contributed by atoms with E-state index in [2.05, 4.69) is 28.5 Å². The first-order chi connectivity index (χ1) is 12.3. The second-order valence-electron chi connectivity index (χ2n) is 8.14. The maximum Gasteiger partial charge on any atom is 0.230 e. The minimum Gasteiger partial charge on any atom is -0.352 e. The summed E-state index contributed by atoms with van der Waals surface area (Å²) in [5, 5.41) is 4.53. The first kappa shape index (κ1) is 15.7. The molecule has 1 aromatic carbocycles. The van der Waals surface area contributed by atoms with E-state index in [0.29, 0.717) is 11.8 Å².